The van der Waals surface area contributed by atoms with Crippen LogP contribution in [0.3, 0.4) is 0 Å². The Bertz CT molecular complexity index is 456. The Hall–Kier alpha value is -1.73. The molecule has 4 heteroatoms. The van der Waals surface area contributed by atoms with Gasteiger partial charge in [0.25, 0.3) is 0 Å². The van der Waals surface area contributed by atoms with Gasteiger partial charge in [-0.2, -0.15) is 5.26 Å². The number of aromatic nitrogens is 1. The number of hydrogen-bond donors (Lipinski definition) is 0. The van der Waals surface area contributed by atoms with Gasteiger partial charge in [-0.25, -0.2) is 4.98 Å². The maximum Gasteiger partial charge on any atom is 0.140 e. The summed E-state index contributed by atoms with van der Waals surface area (Å²) >= 11 is 1.63. The van der Waals surface area contributed by atoms with Gasteiger partial charge in [-0.05, 0) is 24.3 Å². The quantitative estimate of drug-likeness (QED) is 0.740. The van der Waals surface area contributed by atoms with Crippen LogP contribution in [0, 0.1) is 11.3 Å². The number of rotatable bonds is 3. The van der Waals surface area contributed by atoms with E-state index in [1.165, 1.54) is 0 Å². The van der Waals surface area contributed by atoms with Crippen LogP contribution in [0.25, 0.3) is 0 Å². The number of furan rings is 1. The summed E-state index contributed by atoms with van der Waals surface area (Å²) in [5.41, 5.74) is 0.442. The van der Waals surface area contributed by atoms with E-state index in [1.807, 2.05) is 24.3 Å². The second-order valence-corrected chi connectivity index (χ2v) is 3.91. The Morgan fingerprint density at radius 3 is 2.93 bits per heavy atom. The molecule has 0 unspecified atom stereocenters. The van der Waals surface area contributed by atoms with E-state index in [0.29, 0.717) is 5.69 Å². The van der Waals surface area contributed by atoms with Crippen LogP contribution in [-0.2, 0) is 5.75 Å². The van der Waals surface area contributed by atoms with Crippen molar-refractivity contribution in [1.29, 1.82) is 5.26 Å². The molecule has 0 atom stereocenters. The lowest BCUT2D eigenvalue weighted by atomic mass is 10.4. The highest BCUT2D eigenvalue weighted by molar-refractivity contribution is 7.98. The van der Waals surface area contributed by atoms with Crippen molar-refractivity contribution in [2.24, 2.45) is 0 Å². The van der Waals surface area contributed by atoms with E-state index in [4.69, 9.17) is 9.68 Å². The lowest BCUT2D eigenvalue weighted by Gasteiger charge is -1.98. The van der Waals surface area contributed by atoms with Gasteiger partial charge in [0.05, 0.1) is 12.0 Å². The van der Waals surface area contributed by atoms with Gasteiger partial charge in [0.15, 0.2) is 0 Å². The van der Waals surface area contributed by atoms with E-state index in [-0.39, 0.29) is 0 Å². The minimum Gasteiger partial charge on any atom is -0.468 e. The van der Waals surface area contributed by atoms with Crippen LogP contribution in [0.4, 0.5) is 0 Å². The first-order chi connectivity index (χ1) is 7.38. The molecule has 2 heterocycles. The van der Waals surface area contributed by atoms with Gasteiger partial charge < -0.3 is 4.42 Å². The lowest BCUT2D eigenvalue weighted by Crippen LogP contribution is -1.82. The molecule has 0 spiro atoms. The summed E-state index contributed by atoms with van der Waals surface area (Å²) in [5, 5.41) is 8.57. The van der Waals surface area contributed by atoms with Crippen molar-refractivity contribution in [2.75, 3.05) is 0 Å². The number of nitriles is 1. The molecular weight excluding hydrogens is 208 g/mol. The van der Waals surface area contributed by atoms with E-state index in [2.05, 4.69) is 4.98 Å². The summed E-state index contributed by atoms with van der Waals surface area (Å²) in [5.74, 6) is 1.71. The smallest absolute Gasteiger partial charge is 0.140 e. The molecule has 2 aromatic rings. The molecule has 0 amide bonds. The van der Waals surface area contributed by atoms with Crippen LogP contribution in [0.1, 0.15) is 11.5 Å². The van der Waals surface area contributed by atoms with Crippen molar-refractivity contribution in [2.45, 2.75) is 10.6 Å². The molecule has 0 aromatic carbocycles. The standard InChI is InChI=1S/C11H8N2OS/c12-6-9-3-4-11(7-13-9)15-8-10-2-1-5-14-10/h1-5,7H,8H2. The monoisotopic (exact) mass is 216 g/mol. The second-order valence-electron chi connectivity index (χ2n) is 2.86. The van der Waals surface area contributed by atoms with E-state index in [1.54, 1.807) is 30.3 Å². The van der Waals surface area contributed by atoms with Crippen molar-refractivity contribution in [3.05, 3.63) is 48.2 Å². The Morgan fingerprint density at radius 1 is 1.40 bits per heavy atom. The average molecular weight is 216 g/mol. The van der Waals surface area contributed by atoms with Gasteiger partial charge in [-0.1, -0.05) is 0 Å². The molecule has 0 saturated carbocycles. The predicted octanol–water partition coefficient (Wildman–Crippen LogP) is 2.84. The molecule has 0 fully saturated rings. The Kier molecular flexibility index (Phi) is 3.05. The zero-order chi connectivity index (χ0) is 10.5. The van der Waals surface area contributed by atoms with Crippen molar-refractivity contribution < 1.29 is 4.42 Å². The summed E-state index contributed by atoms with van der Waals surface area (Å²) in [4.78, 5) is 5.02. The molecule has 0 aliphatic heterocycles. The fraction of sp³-hybridized carbons (Fsp3) is 0.0909. The predicted molar refractivity (Wildman–Crippen MR) is 57.2 cm³/mol. The number of nitrogens with zero attached hydrogens (tertiary/aromatic N) is 2. The van der Waals surface area contributed by atoms with Gasteiger partial charge in [0.1, 0.15) is 17.5 Å². The van der Waals surface area contributed by atoms with Crippen LogP contribution < -0.4 is 0 Å². The van der Waals surface area contributed by atoms with Crippen LogP contribution in [0.5, 0.6) is 0 Å². The normalized spacial score (nSPS) is 9.80. The maximum atomic E-state index is 8.57. The van der Waals surface area contributed by atoms with Gasteiger partial charge in [0, 0.05) is 11.1 Å². The largest absolute Gasteiger partial charge is 0.468 e. The first-order valence-corrected chi connectivity index (χ1v) is 5.38. The van der Waals surface area contributed by atoms with Crippen LogP contribution in [0.2, 0.25) is 0 Å². The molecule has 0 N–H and O–H groups in total. The van der Waals surface area contributed by atoms with Crippen molar-refractivity contribution in [3.8, 4) is 6.07 Å². The fourth-order valence-corrected chi connectivity index (χ4v) is 1.85. The molecule has 0 aliphatic rings. The SMILES string of the molecule is N#Cc1ccc(SCc2ccco2)cn1. The van der Waals surface area contributed by atoms with Crippen molar-refractivity contribution in [3.63, 3.8) is 0 Å². The zero-order valence-corrected chi connectivity index (χ0v) is 8.70. The topological polar surface area (TPSA) is 49.8 Å². The molecule has 3 nitrogen and oxygen atoms in total. The highest BCUT2D eigenvalue weighted by Crippen LogP contribution is 2.21. The summed E-state index contributed by atoms with van der Waals surface area (Å²) in [6.45, 7) is 0. The van der Waals surface area contributed by atoms with Gasteiger partial charge in [-0.15, -0.1) is 11.8 Å². The Balaban J connectivity index is 1.97. The molecule has 0 bridgehead atoms. The zero-order valence-electron chi connectivity index (χ0n) is 7.88. The van der Waals surface area contributed by atoms with E-state index >= 15 is 0 Å². The van der Waals surface area contributed by atoms with Crippen molar-refractivity contribution >= 4 is 11.8 Å². The van der Waals surface area contributed by atoms with E-state index in [9.17, 15) is 0 Å². The Morgan fingerprint density at radius 2 is 2.33 bits per heavy atom. The highest BCUT2D eigenvalue weighted by Gasteiger charge is 1.99. The van der Waals surface area contributed by atoms with Crippen LogP contribution in [0.15, 0.2) is 46.0 Å². The molecule has 0 radical (unpaired) electrons. The number of thioether (sulfide) groups is 1. The fourth-order valence-electron chi connectivity index (χ4n) is 1.08. The van der Waals surface area contributed by atoms with Gasteiger partial charge in [-0.3, -0.25) is 0 Å². The second kappa shape index (κ2) is 4.67. The molecular formula is C11H8N2OS. The van der Waals surface area contributed by atoms with Gasteiger partial charge in [0.2, 0.25) is 0 Å². The first kappa shape index (κ1) is 9.81. The van der Waals surface area contributed by atoms with Crippen LogP contribution >= 0.6 is 11.8 Å². The average Bonchev–Trinajstić information content (AvgIpc) is 2.80. The molecule has 15 heavy (non-hydrogen) atoms. The summed E-state index contributed by atoms with van der Waals surface area (Å²) in [6.07, 6.45) is 3.36. The summed E-state index contributed by atoms with van der Waals surface area (Å²) in [6, 6.07) is 9.39. The van der Waals surface area contributed by atoms with E-state index in [0.717, 1.165) is 16.4 Å². The van der Waals surface area contributed by atoms with Crippen LogP contribution in [-0.4, -0.2) is 4.98 Å². The molecule has 2 rings (SSSR count). The minimum absolute atomic E-state index is 0.442. The number of pyridine rings is 1. The van der Waals surface area contributed by atoms with Gasteiger partial charge >= 0.3 is 0 Å². The lowest BCUT2D eigenvalue weighted by molar-refractivity contribution is 0.530. The molecule has 2 aromatic heterocycles. The molecule has 0 aliphatic carbocycles. The number of hydrogen-bond acceptors (Lipinski definition) is 4. The van der Waals surface area contributed by atoms with Crippen molar-refractivity contribution in [1.82, 2.24) is 4.98 Å². The molecule has 74 valence electrons. The summed E-state index contributed by atoms with van der Waals surface area (Å²) < 4.78 is 5.21. The third-order valence-corrected chi connectivity index (χ3v) is 2.82. The Labute approximate surface area is 91.7 Å². The first-order valence-electron chi connectivity index (χ1n) is 4.40. The minimum atomic E-state index is 0.442. The van der Waals surface area contributed by atoms with E-state index < -0.39 is 0 Å². The third-order valence-electron chi connectivity index (χ3n) is 1.81. The third kappa shape index (κ3) is 2.61. The maximum absolute atomic E-state index is 8.57. The molecule has 0 saturated heterocycles. The highest BCUT2D eigenvalue weighted by atomic mass is 32.2. The summed E-state index contributed by atoms with van der Waals surface area (Å²) in [7, 11) is 0.